The predicted octanol–water partition coefficient (Wildman–Crippen LogP) is 4.39. The monoisotopic (exact) mass is 373 g/mol. The maximum Gasteiger partial charge on any atom is 0.274 e. The lowest BCUT2D eigenvalue weighted by Gasteiger charge is -2.14. The zero-order valence-corrected chi connectivity index (χ0v) is 16.0. The number of nitrogens with zero attached hydrogens (tertiary/aromatic N) is 1. The third-order valence-electron chi connectivity index (χ3n) is 4.52. The number of anilines is 1. The van der Waals surface area contributed by atoms with Crippen LogP contribution in [0.4, 0.5) is 5.69 Å². The van der Waals surface area contributed by atoms with Crippen molar-refractivity contribution < 1.29 is 9.59 Å². The molecular weight excluding hydrogens is 350 g/mol. The van der Waals surface area contributed by atoms with Crippen molar-refractivity contribution in [1.82, 2.24) is 10.3 Å². The zero-order valence-electron chi connectivity index (χ0n) is 16.0. The van der Waals surface area contributed by atoms with Crippen LogP contribution < -0.4 is 10.6 Å². The molecule has 142 valence electrons. The van der Waals surface area contributed by atoms with Gasteiger partial charge in [-0.1, -0.05) is 49.4 Å². The molecule has 1 atom stereocenters. The van der Waals surface area contributed by atoms with Gasteiger partial charge in [0, 0.05) is 17.4 Å². The lowest BCUT2D eigenvalue weighted by Crippen LogP contribution is -2.27. The van der Waals surface area contributed by atoms with Crippen molar-refractivity contribution in [2.75, 3.05) is 5.32 Å². The van der Waals surface area contributed by atoms with Crippen molar-refractivity contribution in [2.45, 2.75) is 26.3 Å². The number of hydrogen-bond donors (Lipinski definition) is 2. The van der Waals surface area contributed by atoms with Crippen LogP contribution in [0.15, 0.2) is 72.9 Å². The maximum atomic E-state index is 12.6. The van der Waals surface area contributed by atoms with Gasteiger partial charge in [0.05, 0.1) is 6.04 Å². The fourth-order valence-corrected chi connectivity index (χ4v) is 2.82. The second-order valence-corrected chi connectivity index (χ2v) is 6.54. The molecule has 0 radical (unpaired) electrons. The Balaban J connectivity index is 1.68. The average Bonchev–Trinajstić information content (AvgIpc) is 2.75. The van der Waals surface area contributed by atoms with Crippen LogP contribution in [0.3, 0.4) is 0 Å². The summed E-state index contributed by atoms with van der Waals surface area (Å²) < 4.78 is 0. The minimum absolute atomic E-state index is 0.142. The predicted molar refractivity (Wildman–Crippen MR) is 110 cm³/mol. The first-order chi connectivity index (χ1) is 13.6. The molecule has 0 aliphatic carbocycles. The SMILES string of the molecule is CCc1ccc(NC(=O)c2cc(C(=O)NC(C)c3ccccc3)ccn2)cc1. The molecule has 0 aliphatic rings. The van der Waals surface area contributed by atoms with E-state index >= 15 is 0 Å². The Morgan fingerprint density at radius 2 is 1.68 bits per heavy atom. The van der Waals surface area contributed by atoms with E-state index in [2.05, 4.69) is 22.5 Å². The molecule has 1 unspecified atom stereocenters. The fraction of sp³-hybridized carbons (Fsp3) is 0.174. The number of benzene rings is 2. The van der Waals surface area contributed by atoms with Crippen molar-refractivity contribution in [3.05, 3.63) is 95.3 Å². The van der Waals surface area contributed by atoms with Crippen LogP contribution in [0, 0.1) is 0 Å². The van der Waals surface area contributed by atoms with Crippen LogP contribution in [-0.2, 0) is 6.42 Å². The normalized spacial score (nSPS) is 11.5. The number of aromatic nitrogens is 1. The number of pyridine rings is 1. The quantitative estimate of drug-likeness (QED) is 0.673. The minimum Gasteiger partial charge on any atom is -0.346 e. The summed E-state index contributed by atoms with van der Waals surface area (Å²) in [7, 11) is 0. The molecule has 0 aliphatic heterocycles. The number of rotatable bonds is 6. The standard InChI is InChI=1S/C23H23N3O2/c1-3-17-9-11-20(12-10-17)26-23(28)21-15-19(13-14-24-21)22(27)25-16(2)18-7-5-4-6-8-18/h4-16H,3H2,1-2H3,(H,25,27)(H,26,28). The van der Waals surface area contributed by atoms with Crippen molar-refractivity contribution in [2.24, 2.45) is 0 Å². The van der Waals surface area contributed by atoms with Crippen LogP contribution in [0.2, 0.25) is 0 Å². The largest absolute Gasteiger partial charge is 0.346 e. The zero-order chi connectivity index (χ0) is 19.9. The Morgan fingerprint density at radius 1 is 0.964 bits per heavy atom. The third kappa shape index (κ3) is 4.82. The molecule has 3 aromatic rings. The molecule has 0 bridgehead atoms. The Kier molecular flexibility index (Phi) is 6.17. The molecule has 28 heavy (non-hydrogen) atoms. The average molecular weight is 373 g/mol. The molecule has 1 heterocycles. The Bertz CT molecular complexity index is 953. The highest BCUT2D eigenvalue weighted by molar-refractivity contribution is 6.04. The first-order valence-corrected chi connectivity index (χ1v) is 9.29. The molecule has 2 N–H and O–H groups in total. The van der Waals surface area contributed by atoms with Crippen LogP contribution in [-0.4, -0.2) is 16.8 Å². The van der Waals surface area contributed by atoms with E-state index in [0.717, 1.165) is 12.0 Å². The van der Waals surface area contributed by atoms with Gasteiger partial charge in [-0.25, -0.2) is 0 Å². The summed E-state index contributed by atoms with van der Waals surface area (Å²) in [6, 6.07) is 20.3. The fourth-order valence-electron chi connectivity index (χ4n) is 2.82. The third-order valence-corrected chi connectivity index (χ3v) is 4.52. The van der Waals surface area contributed by atoms with E-state index in [1.807, 2.05) is 61.5 Å². The molecule has 2 amide bonds. The van der Waals surface area contributed by atoms with E-state index in [1.54, 1.807) is 6.07 Å². The van der Waals surface area contributed by atoms with E-state index in [0.29, 0.717) is 11.3 Å². The van der Waals surface area contributed by atoms with Gasteiger partial charge in [-0.05, 0) is 48.7 Å². The molecule has 0 saturated heterocycles. The van der Waals surface area contributed by atoms with Gasteiger partial charge in [-0.3, -0.25) is 14.6 Å². The van der Waals surface area contributed by atoms with E-state index in [4.69, 9.17) is 0 Å². The molecule has 0 spiro atoms. The summed E-state index contributed by atoms with van der Waals surface area (Å²) >= 11 is 0. The number of carbonyl (C=O) groups excluding carboxylic acids is 2. The number of nitrogens with one attached hydrogen (secondary N) is 2. The van der Waals surface area contributed by atoms with Gasteiger partial charge in [-0.15, -0.1) is 0 Å². The maximum absolute atomic E-state index is 12.6. The lowest BCUT2D eigenvalue weighted by molar-refractivity contribution is 0.0939. The van der Waals surface area contributed by atoms with Crippen molar-refractivity contribution in [3.63, 3.8) is 0 Å². The summed E-state index contributed by atoms with van der Waals surface area (Å²) in [5.41, 5.74) is 3.49. The molecule has 2 aromatic carbocycles. The van der Waals surface area contributed by atoms with Gasteiger partial charge < -0.3 is 10.6 Å². The van der Waals surface area contributed by atoms with E-state index < -0.39 is 0 Å². The van der Waals surface area contributed by atoms with E-state index in [9.17, 15) is 9.59 Å². The topological polar surface area (TPSA) is 71.1 Å². The Labute approximate surface area is 164 Å². The Hall–Kier alpha value is -3.47. The van der Waals surface area contributed by atoms with Crippen LogP contribution in [0.1, 0.15) is 51.9 Å². The van der Waals surface area contributed by atoms with Gasteiger partial charge in [0.2, 0.25) is 0 Å². The summed E-state index contributed by atoms with van der Waals surface area (Å²) in [5, 5.41) is 5.75. The lowest BCUT2D eigenvalue weighted by atomic mass is 10.1. The van der Waals surface area contributed by atoms with E-state index in [-0.39, 0.29) is 23.6 Å². The van der Waals surface area contributed by atoms with Crippen LogP contribution >= 0.6 is 0 Å². The Morgan fingerprint density at radius 3 is 2.36 bits per heavy atom. The highest BCUT2D eigenvalue weighted by Gasteiger charge is 2.14. The van der Waals surface area contributed by atoms with E-state index in [1.165, 1.54) is 17.8 Å². The number of amides is 2. The van der Waals surface area contributed by atoms with Gasteiger partial charge in [-0.2, -0.15) is 0 Å². The van der Waals surface area contributed by atoms with Gasteiger partial charge in [0.1, 0.15) is 5.69 Å². The van der Waals surface area contributed by atoms with Gasteiger partial charge >= 0.3 is 0 Å². The second-order valence-electron chi connectivity index (χ2n) is 6.54. The summed E-state index contributed by atoms with van der Waals surface area (Å²) in [4.78, 5) is 29.1. The first kappa shape index (κ1) is 19.3. The molecule has 1 aromatic heterocycles. The summed E-state index contributed by atoms with van der Waals surface area (Å²) in [5.74, 6) is -0.602. The number of hydrogen-bond acceptors (Lipinski definition) is 3. The molecule has 5 nitrogen and oxygen atoms in total. The smallest absolute Gasteiger partial charge is 0.274 e. The van der Waals surface area contributed by atoms with Crippen molar-refractivity contribution >= 4 is 17.5 Å². The van der Waals surface area contributed by atoms with Gasteiger partial charge in [0.25, 0.3) is 11.8 Å². The molecule has 0 fully saturated rings. The number of carbonyl (C=O) groups is 2. The molecular formula is C23H23N3O2. The number of aryl methyl sites for hydroxylation is 1. The van der Waals surface area contributed by atoms with Crippen LogP contribution in [0.5, 0.6) is 0 Å². The first-order valence-electron chi connectivity index (χ1n) is 9.29. The summed E-state index contributed by atoms with van der Waals surface area (Å²) in [6.45, 7) is 3.99. The highest BCUT2D eigenvalue weighted by atomic mass is 16.2. The van der Waals surface area contributed by atoms with Crippen LogP contribution in [0.25, 0.3) is 0 Å². The molecule has 0 saturated carbocycles. The minimum atomic E-state index is -0.352. The van der Waals surface area contributed by atoms with Crippen molar-refractivity contribution in [1.29, 1.82) is 0 Å². The summed E-state index contributed by atoms with van der Waals surface area (Å²) in [6.07, 6.45) is 2.41. The highest BCUT2D eigenvalue weighted by Crippen LogP contribution is 2.14. The van der Waals surface area contributed by atoms with Crippen molar-refractivity contribution in [3.8, 4) is 0 Å². The molecule has 5 heteroatoms. The van der Waals surface area contributed by atoms with Gasteiger partial charge in [0.15, 0.2) is 0 Å². The molecule has 3 rings (SSSR count). The second kappa shape index (κ2) is 8.95.